The van der Waals surface area contributed by atoms with Crippen molar-refractivity contribution in [2.45, 2.75) is 44.1 Å². The molecule has 2 aliphatic rings. The highest BCUT2D eigenvalue weighted by atomic mass is 16.6. The number of hydrogen-bond acceptors (Lipinski definition) is 7. The number of anilines is 1. The number of aliphatic hydroxyl groups excluding tert-OH is 3. The minimum atomic E-state index is -1.23. The topological polar surface area (TPSA) is 129 Å². The molecule has 1 fully saturated rings. The highest BCUT2D eigenvalue weighted by molar-refractivity contribution is 5.99. The fraction of sp³-hybridized carbons (Fsp3) is 0.667. The van der Waals surface area contributed by atoms with E-state index in [0.29, 0.717) is 5.82 Å². The number of fused-ring (bicyclic) bond motifs is 1. The Balaban J connectivity index is 1.97. The van der Waals surface area contributed by atoms with E-state index in [0.717, 1.165) is 0 Å². The molecule has 0 unspecified atom stereocenters. The van der Waals surface area contributed by atoms with Crippen LogP contribution in [0.3, 0.4) is 0 Å². The Bertz CT molecular complexity index is 572. The lowest BCUT2D eigenvalue weighted by atomic mass is 10.1. The monoisotopic (exact) mass is 298 g/mol. The molecule has 9 nitrogen and oxygen atoms in total. The maximum atomic E-state index is 12.0. The molecule has 0 saturated carbocycles. The summed E-state index contributed by atoms with van der Waals surface area (Å²) >= 11 is 0. The van der Waals surface area contributed by atoms with E-state index in [-0.39, 0.29) is 11.6 Å². The van der Waals surface area contributed by atoms with Crippen molar-refractivity contribution in [1.82, 2.24) is 14.9 Å². The second-order valence-corrected chi connectivity index (χ2v) is 5.78. The lowest BCUT2D eigenvalue weighted by Gasteiger charge is -2.34. The van der Waals surface area contributed by atoms with Crippen LogP contribution in [0.1, 0.15) is 30.6 Å². The molecule has 0 radical (unpaired) electrons. The summed E-state index contributed by atoms with van der Waals surface area (Å²) in [6, 6.07) is 0. The van der Waals surface area contributed by atoms with Gasteiger partial charge in [0.15, 0.2) is 11.9 Å². The molecule has 3 heterocycles. The van der Waals surface area contributed by atoms with Crippen LogP contribution in [0.15, 0.2) is 6.33 Å². The van der Waals surface area contributed by atoms with Crippen LogP contribution in [0.4, 0.5) is 5.82 Å². The number of amides is 1. The average molecular weight is 298 g/mol. The number of carbonyl (C=O) groups excluding carboxylic acids is 1. The van der Waals surface area contributed by atoms with Crippen LogP contribution in [-0.2, 0) is 4.74 Å². The van der Waals surface area contributed by atoms with E-state index in [2.05, 4.69) is 15.6 Å². The van der Waals surface area contributed by atoms with E-state index in [4.69, 9.17) is 9.84 Å². The Morgan fingerprint density at radius 2 is 2.10 bits per heavy atom. The molecule has 9 heteroatoms. The first kappa shape index (κ1) is 14.3. The van der Waals surface area contributed by atoms with Crippen molar-refractivity contribution >= 4 is 11.7 Å². The zero-order chi connectivity index (χ0) is 15.4. The molecule has 21 heavy (non-hydrogen) atoms. The molecular weight excluding hydrogens is 280 g/mol. The van der Waals surface area contributed by atoms with E-state index in [9.17, 15) is 15.0 Å². The van der Waals surface area contributed by atoms with Crippen LogP contribution >= 0.6 is 0 Å². The fourth-order valence-corrected chi connectivity index (χ4v) is 2.62. The molecule has 5 N–H and O–H groups in total. The molecule has 0 aliphatic carbocycles. The Hall–Kier alpha value is -1.68. The van der Waals surface area contributed by atoms with Gasteiger partial charge < -0.3 is 30.7 Å². The number of aromatic nitrogens is 2. The minimum absolute atomic E-state index is 0.187. The minimum Gasteiger partial charge on any atom is -0.394 e. The molecule has 116 valence electrons. The predicted octanol–water partition coefficient (Wildman–Crippen LogP) is -1.61. The summed E-state index contributed by atoms with van der Waals surface area (Å²) in [5, 5.41) is 34.8. The number of rotatable bonds is 2. The van der Waals surface area contributed by atoms with Gasteiger partial charge in [0.05, 0.1) is 12.9 Å². The maximum absolute atomic E-state index is 12.0. The van der Waals surface area contributed by atoms with Gasteiger partial charge in [0.1, 0.15) is 29.8 Å². The summed E-state index contributed by atoms with van der Waals surface area (Å²) in [7, 11) is 0. The van der Waals surface area contributed by atoms with Gasteiger partial charge in [-0.05, 0) is 13.8 Å². The molecular formula is C12H18N4O5. The molecule has 1 amide bonds. The van der Waals surface area contributed by atoms with Gasteiger partial charge in [-0.25, -0.2) is 4.98 Å². The van der Waals surface area contributed by atoms with Crippen molar-refractivity contribution in [3.8, 4) is 0 Å². The smallest absolute Gasteiger partial charge is 0.275 e. The summed E-state index contributed by atoms with van der Waals surface area (Å²) in [5.41, 5.74) is -0.493. The summed E-state index contributed by atoms with van der Waals surface area (Å²) in [6.45, 7) is 3.15. The molecule has 0 aromatic carbocycles. The van der Waals surface area contributed by atoms with Crippen LogP contribution in [0.5, 0.6) is 0 Å². The van der Waals surface area contributed by atoms with Crippen LogP contribution < -0.4 is 10.6 Å². The van der Waals surface area contributed by atoms with Gasteiger partial charge in [-0.1, -0.05) is 0 Å². The first-order chi connectivity index (χ1) is 9.84. The number of carbonyl (C=O) groups is 1. The first-order valence-corrected chi connectivity index (χ1v) is 6.64. The summed E-state index contributed by atoms with van der Waals surface area (Å²) in [5.74, 6) is 0.0674. The summed E-state index contributed by atoms with van der Waals surface area (Å²) in [6.07, 6.45) is -2.88. The number of hydrogen-bond donors (Lipinski definition) is 5. The van der Waals surface area contributed by atoms with Gasteiger partial charge in [-0.2, -0.15) is 0 Å². The van der Waals surface area contributed by atoms with E-state index in [1.54, 1.807) is 13.8 Å². The van der Waals surface area contributed by atoms with Crippen molar-refractivity contribution in [1.29, 1.82) is 0 Å². The van der Waals surface area contributed by atoms with Gasteiger partial charge in [-0.3, -0.25) is 9.36 Å². The van der Waals surface area contributed by atoms with Crippen molar-refractivity contribution in [2.24, 2.45) is 0 Å². The zero-order valence-electron chi connectivity index (χ0n) is 11.6. The second kappa shape index (κ2) is 4.67. The number of nitrogens with one attached hydrogen (secondary N) is 2. The second-order valence-electron chi connectivity index (χ2n) is 5.78. The lowest BCUT2D eigenvalue weighted by molar-refractivity contribution is -0.0520. The highest BCUT2D eigenvalue weighted by Gasteiger charge is 2.45. The highest BCUT2D eigenvalue weighted by Crippen LogP contribution is 2.34. The van der Waals surface area contributed by atoms with E-state index < -0.39 is 36.8 Å². The Kier molecular flexibility index (Phi) is 3.17. The van der Waals surface area contributed by atoms with Crippen molar-refractivity contribution in [2.75, 3.05) is 11.9 Å². The van der Waals surface area contributed by atoms with Gasteiger partial charge in [-0.15, -0.1) is 0 Å². The SMILES string of the molecule is CC1(C)NC(=O)c2ncn([C@@H]3O[C@H](CO)[C@@H](O)[C@H]3O)c2N1. The molecule has 1 saturated heterocycles. The molecule has 3 rings (SSSR count). The van der Waals surface area contributed by atoms with Gasteiger partial charge >= 0.3 is 0 Å². The number of aliphatic hydroxyl groups is 3. The number of ether oxygens (including phenoxy) is 1. The first-order valence-electron chi connectivity index (χ1n) is 6.64. The third-order valence-corrected chi connectivity index (χ3v) is 3.66. The van der Waals surface area contributed by atoms with Crippen LogP contribution in [0.2, 0.25) is 0 Å². The largest absolute Gasteiger partial charge is 0.394 e. The van der Waals surface area contributed by atoms with Crippen molar-refractivity contribution < 1.29 is 24.9 Å². The molecule has 2 aliphatic heterocycles. The predicted molar refractivity (Wildman–Crippen MR) is 70.4 cm³/mol. The molecule has 0 spiro atoms. The third kappa shape index (κ3) is 2.18. The van der Waals surface area contributed by atoms with E-state index >= 15 is 0 Å². The summed E-state index contributed by atoms with van der Waals surface area (Å²) < 4.78 is 6.91. The standard InChI is InChI=1S/C12H18N4O5/c1-12(2)14-9-6(10(20)15-12)13-4-16(9)11-8(19)7(18)5(3-17)21-11/h4-5,7-8,11,14,17-19H,3H2,1-2H3,(H,15,20)/t5-,7-,8-,11-/m1/s1. The van der Waals surface area contributed by atoms with E-state index in [1.807, 2.05) is 0 Å². The quantitative estimate of drug-likeness (QED) is 0.444. The van der Waals surface area contributed by atoms with Crippen LogP contribution in [0, 0.1) is 0 Å². The lowest BCUT2D eigenvalue weighted by Crippen LogP contribution is -2.53. The summed E-state index contributed by atoms with van der Waals surface area (Å²) in [4.78, 5) is 16.0. The average Bonchev–Trinajstić information content (AvgIpc) is 2.92. The van der Waals surface area contributed by atoms with Crippen molar-refractivity contribution in [3.05, 3.63) is 12.0 Å². The molecule has 4 atom stereocenters. The van der Waals surface area contributed by atoms with Crippen LogP contribution in [-0.4, -0.2) is 61.4 Å². The normalized spacial score (nSPS) is 34.2. The molecule has 1 aromatic heterocycles. The molecule has 1 aromatic rings. The van der Waals surface area contributed by atoms with Gasteiger partial charge in [0.25, 0.3) is 5.91 Å². The molecule has 0 bridgehead atoms. The Morgan fingerprint density at radius 1 is 1.38 bits per heavy atom. The van der Waals surface area contributed by atoms with Gasteiger partial charge in [0.2, 0.25) is 0 Å². The van der Waals surface area contributed by atoms with Gasteiger partial charge in [0, 0.05) is 0 Å². The van der Waals surface area contributed by atoms with Crippen molar-refractivity contribution in [3.63, 3.8) is 0 Å². The van der Waals surface area contributed by atoms with Crippen LogP contribution in [0.25, 0.3) is 0 Å². The number of nitrogens with zero attached hydrogens (tertiary/aromatic N) is 2. The number of imidazole rings is 1. The third-order valence-electron chi connectivity index (χ3n) is 3.66. The zero-order valence-corrected chi connectivity index (χ0v) is 11.6. The fourth-order valence-electron chi connectivity index (χ4n) is 2.62. The Labute approximate surface area is 120 Å². The van der Waals surface area contributed by atoms with E-state index in [1.165, 1.54) is 10.9 Å². The Morgan fingerprint density at radius 3 is 2.71 bits per heavy atom. The maximum Gasteiger partial charge on any atom is 0.275 e.